The first kappa shape index (κ1) is 15.6. The highest BCUT2D eigenvalue weighted by Crippen LogP contribution is 2.38. The molecule has 2 heteroatoms. The van der Waals surface area contributed by atoms with E-state index < -0.39 is 0 Å². The van der Waals surface area contributed by atoms with Crippen LogP contribution in [0.1, 0.15) is 51.0 Å². The first-order valence-electron chi connectivity index (χ1n) is 7.73. The van der Waals surface area contributed by atoms with E-state index >= 15 is 0 Å². The molecule has 0 fully saturated rings. The number of amides is 1. The summed E-state index contributed by atoms with van der Waals surface area (Å²) in [5.41, 5.74) is 9.65. The minimum atomic E-state index is -0.177. The molecule has 2 N–H and O–H groups in total. The van der Waals surface area contributed by atoms with E-state index in [0.29, 0.717) is 0 Å². The Morgan fingerprint density at radius 3 is 2.62 bits per heavy atom. The summed E-state index contributed by atoms with van der Waals surface area (Å²) in [6.45, 7) is 4.26. The molecule has 0 radical (unpaired) electrons. The fourth-order valence-electron chi connectivity index (χ4n) is 3.08. The smallest absolute Gasteiger partial charge is 0.221 e. The Morgan fingerprint density at radius 2 is 2.00 bits per heavy atom. The van der Waals surface area contributed by atoms with Crippen LogP contribution in [-0.4, -0.2) is 5.91 Å². The van der Waals surface area contributed by atoms with Crippen molar-refractivity contribution in [1.82, 2.24) is 0 Å². The molecule has 2 rings (SSSR count). The minimum absolute atomic E-state index is 0.0698. The minimum Gasteiger partial charge on any atom is -0.369 e. The second-order valence-electron chi connectivity index (χ2n) is 6.15. The number of carbonyl (C=O) groups is 1. The molecular formula is C19H25NO. The van der Waals surface area contributed by atoms with Gasteiger partial charge in [-0.3, -0.25) is 4.79 Å². The quantitative estimate of drug-likeness (QED) is 0.803. The number of carbonyl (C=O) groups excluding carboxylic acids is 1. The van der Waals surface area contributed by atoms with Crippen molar-refractivity contribution in [2.45, 2.75) is 45.4 Å². The van der Waals surface area contributed by atoms with Crippen LogP contribution in [0, 0.1) is 5.92 Å². The Kier molecular flexibility index (Phi) is 5.38. The first-order chi connectivity index (χ1) is 10.1. The molecular weight excluding hydrogens is 258 g/mol. The second-order valence-corrected chi connectivity index (χ2v) is 6.15. The molecule has 0 unspecified atom stereocenters. The molecule has 21 heavy (non-hydrogen) atoms. The van der Waals surface area contributed by atoms with E-state index in [1.54, 1.807) is 0 Å². The molecule has 1 aromatic rings. The maximum absolute atomic E-state index is 11.7. The molecule has 0 heterocycles. The fourth-order valence-corrected chi connectivity index (χ4v) is 3.08. The van der Waals surface area contributed by atoms with Gasteiger partial charge in [-0.05, 0) is 51.0 Å². The molecule has 0 spiro atoms. The summed E-state index contributed by atoms with van der Waals surface area (Å²) in [4.78, 5) is 11.7. The van der Waals surface area contributed by atoms with Gasteiger partial charge in [0.25, 0.3) is 0 Å². The van der Waals surface area contributed by atoms with E-state index in [1.807, 2.05) is 18.2 Å². The highest BCUT2D eigenvalue weighted by molar-refractivity contribution is 5.78. The lowest BCUT2D eigenvalue weighted by Gasteiger charge is -2.30. The van der Waals surface area contributed by atoms with Gasteiger partial charge in [-0.1, -0.05) is 53.6 Å². The molecule has 0 bridgehead atoms. The summed E-state index contributed by atoms with van der Waals surface area (Å²) in [5.74, 6) is -0.0153. The van der Waals surface area contributed by atoms with E-state index in [9.17, 15) is 4.79 Å². The number of rotatable bonds is 5. The number of hydrogen-bond donors (Lipinski definition) is 1. The number of primary amides is 1. The van der Waals surface area contributed by atoms with Crippen LogP contribution in [-0.2, 0) is 4.79 Å². The zero-order valence-electron chi connectivity index (χ0n) is 13.0. The number of allylic oxidation sites excluding steroid dienone is 4. The van der Waals surface area contributed by atoms with Crippen LogP contribution in [0.2, 0.25) is 0 Å². The van der Waals surface area contributed by atoms with Gasteiger partial charge in [0.15, 0.2) is 0 Å². The molecule has 0 saturated carbocycles. The predicted molar refractivity (Wildman–Crippen MR) is 87.8 cm³/mol. The summed E-state index contributed by atoms with van der Waals surface area (Å²) in [7, 11) is 0. The Bertz CT molecular complexity index is 538. The molecule has 112 valence electrons. The molecule has 1 aliphatic carbocycles. The predicted octanol–water partition coefficient (Wildman–Crippen LogP) is 4.34. The van der Waals surface area contributed by atoms with E-state index in [4.69, 9.17) is 5.73 Å². The van der Waals surface area contributed by atoms with Crippen molar-refractivity contribution in [2.75, 3.05) is 0 Å². The SMILES string of the molecule is CC(C)=CCCC1=CC[C@@H](C(N)=O)[C@H](c2ccccc2)C1. The van der Waals surface area contributed by atoms with E-state index in [1.165, 1.54) is 16.7 Å². The van der Waals surface area contributed by atoms with Crippen molar-refractivity contribution in [3.63, 3.8) is 0 Å². The summed E-state index contributed by atoms with van der Waals surface area (Å²) in [6, 6.07) is 10.3. The van der Waals surface area contributed by atoms with Gasteiger partial charge in [-0.2, -0.15) is 0 Å². The van der Waals surface area contributed by atoms with Gasteiger partial charge in [0, 0.05) is 5.92 Å². The molecule has 2 atom stereocenters. The van der Waals surface area contributed by atoms with Gasteiger partial charge in [0.2, 0.25) is 5.91 Å². The average Bonchev–Trinajstić information content (AvgIpc) is 2.47. The standard InChI is InChI=1S/C19H25NO/c1-14(2)7-6-8-15-11-12-17(19(20)21)18(13-15)16-9-4-3-5-10-16/h3-5,7,9-11,17-18H,6,8,12-13H2,1-2H3,(H2,20,21)/t17-,18+/m1/s1. The van der Waals surface area contributed by atoms with Crippen LogP contribution in [0.5, 0.6) is 0 Å². The molecule has 1 aromatic carbocycles. The largest absolute Gasteiger partial charge is 0.369 e. The van der Waals surface area contributed by atoms with Crippen molar-refractivity contribution < 1.29 is 4.79 Å². The summed E-state index contributed by atoms with van der Waals surface area (Å²) in [5, 5.41) is 0. The van der Waals surface area contributed by atoms with E-state index in [2.05, 4.69) is 38.1 Å². The van der Waals surface area contributed by atoms with Crippen molar-refractivity contribution in [2.24, 2.45) is 11.7 Å². The Labute approximate surface area is 127 Å². The third-order valence-corrected chi connectivity index (χ3v) is 4.24. The lowest BCUT2D eigenvalue weighted by Crippen LogP contribution is -2.30. The van der Waals surface area contributed by atoms with Crippen LogP contribution in [0.4, 0.5) is 0 Å². The van der Waals surface area contributed by atoms with E-state index in [0.717, 1.165) is 25.7 Å². The Balaban J connectivity index is 2.12. The molecule has 0 aromatic heterocycles. The molecule has 1 aliphatic rings. The molecule has 2 nitrogen and oxygen atoms in total. The Hall–Kier alpha value is -1.83. The average molecular weight is 283 g/mol. The Morgan fingerprint density at radius 1 is 1.29 bits per heavy atom. The summed E-state index contributed by atoms with van der Waals surface area (Å²) >= 11 is 0. The van der Waals surface area contributed by atoms with Gasteiger partial charge in [0.05, 0.1) is 0 Å². The number of hydrogen-bond acceptors (Lipinski definition) is 1. The van der Waals surface area contributed by atoms with Crippen LogP contribution in [0.15, 0.2) is 53.6 Å². The van der Waals surface area contributed by atoms with Gasteiger partial charge in [-0.25, -0.2) is 0 Å². The van der Waals surface area contributed by atoms with Crippen LogP contribution >= 0.6 is 0 Å². The van der Waals surface area contributed by atoms with Crippen LogP contribution < -0.4 is 5.73 Å². The summed E-state index contributed by atoms with van der Waals surface area (Å²) in [6.07, 6.45) is 8.40. The monoisotopic (exact) mass is 283 g/mol. The second kappa shape index (κ2) is 7.26. The molecule has 1 amide bonds. The maximum Gasteiger partial charge on any atom is 0.221 e. The molecule has 0 saturated heterocycles. The zero-order chi connectivity index (χ0) is 15.2. The first-order valence-corrected chi connectivity index (χ1v) is 7.73. The van der Waals surface area contributed by atoms with Gasteiger partial charge < -0.3 is 5.73 Å². The summed E-state index contributed by atoms with van der Waals surface area (Å²) < 4.78 is 0. The fraction of sp³-hybridized carbons (Fsp3) is 0.421. The third-order valence-electron chi connectivity index (χ3n) is 4.24. The highest BCUT2D eigenvalue weighted by atomic mass is 16.1. The number of nitrogens with two attached hydrogens (primary N) is 1. The lowest BCUT2D eigenvalue weighted by molar-refractivity contribution is -0.122. The maximum atomic E-state index is 11.7. The normalized spacial score (nSPS) is 21.5. The van der Waals surface area contributed by atoms with E-state index in [-0.39, 0.29) is 17.7 Å². The third kappa shape index (κ3) is 4.32. The highest BCUT2D eigenvalue weighted by Gasteiger charge is 2.30. The van der Waals surface area contributed by atoms with Crippen LogP contribution in [0.3, 0.4) is 0 Å². The number of benzene rings is 1. The van der Waals surface area contributed by atoms with Crippen molar-refractivity contribution >= 4 is 5.91 Å². The van der Waals surface area contributed by atoms with Crippen LogP contribution in [0.25, 0.3) is 0 Å². The van der Waals surface area contributed by atoms with Gasteiger partial charge in [-0.15, -0.1) is 0 Å². The van der Waals surface area contributed by atoms with Gasteiger partial charge >= 0.3 is 0 Å². The van der Waals surface area contributed by atoms with Crippen molar-refractivity contribution in [3.05, 3.63) is 59.2 Å². The topological polar surface area (TPSA) is 43.1 Å². The van der Waals surface area contributed by atoms with Gasteiger partial charge in [0.1, 0.15) is 0 Å². The lowest BCUT2D eigenvalue weighted by atomic mass is 9.74. The van der Waals surface area contributed by atoms with Crippen molar-refractivity contribution in [1.29, 1.82) is 0 Å². The zero-order valence-corrected chi connectivity index (χ0v) is 13.0. The molecule has 0 aliphatic heterocycles. The van der Waals surface area contributed by atoms with Crippen molar-refractivity contribution in [3.8, 4) is 0 Å².